The number of aliphatic hydroxyl groups excluding tert-OH is 1. The summed E-state index contributed by atoms with van der Waals surface area (Å²) in [6, 6.07) is 4.69. The van der Waals surface area contributed by atoms with Gasteiger partial charge in [-0.1, -0.05) is 0 Å². The van der Waals surface area contributed by atoms with Crippen molar-refractivity contribution in [2.75, 3.05) is 18.6 Å². The van der Waals surface area contributed by atoms with Gasteiger partial charge >= 0.3 is 0 Å². The van der Waals surface area contributed by atoms with Crippen LogP contribution in [0.5, 0.6) is 0 Å². The van der Waals surface area contributed by atoms with Gasteiger partial charge in [0.15, 0.2) is 0 Å². The molecule has 1 heterocycles. The van der Waals surface area contributed by atoms with Crippen molar-refractivity contribution < 1.29 is 9.90 Å². The highest BCUT2D eigenvalue weighted by Crippen LogP contribution is 2.21. The number of carbonyl (C=O) groups excluding carboxylic acids is 1. The largest absolute Gasteiger partial charge is 0.394 e. The molecule has 1 atom stereocenters. The number of hydrogen-bond donors (Lipinski definition) is 2. The van der Waals surface area contributed by atoms with Crippen molar-refractivity contribution in [1.82, 2.24) is 9.55 Å². The monoisotopic (exact) mass is 262 g/mol. The summed E-state index contributed by atoms with van der Waals surface area (Å²) in [5.41, 5.74) is 8.08. The first kappa shape index (κ1) is 13.5. The molecular weight excluding hydrogens is 244 g/mol. The van der Waals surface area contributed by atoms with Gasteiger partial charge in [0.1, 0.15) is 11.9 Å². The minimum Gasteiger partial charge on any atom is -0.394 e. The third kappa shape index (κ3) is 2.32. The van der Waals surface area contributed by atoms with E-state index >= 15 is 0 Å². The van der Waals surface area contributed by atoms with E-state index in [9.17, 15) is 4.79 Å². The van der Waals surface area contributed by atoms with E-state index in [1.807, 2.05) is 36.7 Å². The molecule has 1 amide bonds. The van der Waals surface area contributed by atoms with Crippen molar-refractivity contribution >= 4 is 22.6 Å². The summed E-state index contributed by atoms with van der Waals surface area (Å²) >= 11 is 0. The molecule has 0 aliphatic rings. The van der Waals surface area contributed by atoms with Crippen LogP contribution in [-0.4, -0.2) is 40.3 Å². The fraction of sp³-hybridized carbons (Fsp3) is 0.385. The van der Waals surface area contributed by atoms with E-state index < -0.39 is 6.04 Å². The lowest BCUT2D eigenvalue weighted by molar-refractivity contribution is -0.120. The maximum Gasteiger partial charge on any atom is 0.246 e. The molecule has 1 aromatic carbocycles. The normalized spacial score (nSPS) is 12.7. The van der Waals surface area contributed by atoms with Gasteiger partial charge in [-0.3, -0.25) is 4.79 Å². The van der Waals surface area contributed by atoms with E-state index in [2.05, 4.69) is 4.98 Å². The van der Waals surface area contributed by atoms with Crippen LogP contribution in [0.2, 0.25) is 0 Å². The number of aliphatic hydroxyl groups is 1. The molecule has 0 radical (unpaired) electrons. The number of hydrogen-bond acceptors (Lipinski definition) is 4. The zero-order valence-electron chi connectivity index (χ0n) is 11.3. The van der Waals surface area contributed by atoms with Gasteiger partial charge in [-0.25, -0.2) is 4.98 Å². The van der Waals surface area contributed by atoms with Gasteiger partial charge < -0.3 is 20.3 Å². The number of amides is 1. The van der Waals surface area contributed by atoms with Crippen LogP contribution in [0, 0.1) is 6.92 Å². The predicted molar refractivity (Wildman–Crippen MR) is 73.9 cm³/mol. The summed E-state index contributed by atoms with van der Waals surface area (Å²) in [6.45, 7) is 1.56. The molecular formula is C13H18N4O2. The molecule has 102 valence electrons. The number of nitrogens with zero attached hydrogens (tertiary/aromatic N) is 3. The molecule has 2 rings (SSSR count). The van der Waals surface area contributed by atoms with Crippen molar-refractivity contribution in [3.8, 4) is 0 Å². The zero-order valence-corrected chi connectivity index (χ0v) is 11.3. The third-order valence-electron chi connectivity index (χ3n) is 3.32. The molecule has 1 unspecified atom stereocenters. The number of aryl methyl sites for hydroxylation is 2. The standard InChI is InChI=1S/C13H18N4O2/c1-8-15-11-6-9(4-5-12(11)16(8)2)17(3)13(19)10(14)7-18/h4-6,10,18H,7,14H2,1-3H3. The average Bonchev–Trinajstić information content (AvgIpc) is 2.71. The fourth-order valence-corrected chi connectivity index (χ4v) is 1.97. The Morgan fingerprint density at radius 1 is 1.58 bits per heavy atom. The zero-order chi connectivity index (χ0) is 14.2. The molecule has 0 aliphatic heterocycles. The fourth-order valence-electron chi connectivity index (χ4n) is 1.97. The molecule has 3 N–H and O–H groups in total. The van der Waals surface area contributed by atoms with Crippen LogP contribution in [0.4, 0.5) is 5.69 Å². The summed E-state index contributed by atoms with van der Waals surface area (Å²) in [4.78, 5) is 17.8. The van der Waals surface area contributed by atoms with Crippen LogP contribution in [0.15, 0.2) is 18.2 Å². The number of benzene rings is 1. The molecule has 0 spiro atoms. The Morgan fingerprint density at radius 2 is 2.26 bits per heavy atom. The first-order chi connectivity index (χ1) is 8.95. The smallest absolute Gasteiger partial charge is 0.246 e. The van der Waals surface area contributed by atoms with Crippen LogP contribution in [-0.2, 0) is 11.8 Å². The molecule has 19 heavy (non-hydrogen) atoms. The number of carbonyl (C=O) groups is 1. The van der Waals surface area contributed by atoms with Crippen molar-refractivity contribution in [2.45, 2.75) is 13.0 Å². The Kier molecular flexibility index (Phi) is 3.55. The molecule has 6 heteroatoms. The molecule has 2 aromatic rings. The van der Waals surface area contributed by atoms with Gasteiger partial charge in [0.25, 0.3) is 0 Å². The second-order valence-electron chi connectivity index (χ2n) is 4.58. The number of aromatic nitrogens is 2. The van der Waals surface area contributed by atoms with Crippen molar-refractivity contribution in [3.05, 3.63) is 24.0 Å². The SMILES string of the molecule is Cc1nc2cc(N(C)C(=O)C(N)CO)ccc2n1C. The van der Waals surface area contributed by atoms with Gasteiger partial charge in [0, 0.05) is 19.8 Å². The Bertz CT molecular complexity index is 620. The van der Waals surface area contributed by atoms with Crippen LogP contribution in [0.3, 0.4) is 0 Å². The number of rotatable bonds is 3. The Morgan fingerprint density at radius 3 is 2.89 bits per heavy atom. The molecule has 0 aliphatic carbocycles. The van der Waals surface area contributed by atoms with Crippen molar-refractivity contribution in [2.24, 2.45) is 12.8 Å². The highest BCUT2D eigenvalue weighted by molar-refractivity contribution is 5.98. The van der Waals surface area contributed by atoms with Gasteiger partial charge in [-0.05, 0) is 25.1 Å². The minimum atomic E-state index is -0.897. The van der Waals surface area contributed by atoms with Crippen LogP contribution in [0.25, 0.3) is 11.0 Å². The molecule has 1 aromatic heterocycles. The summed E-state index contributed by atoms with van der Waals surface area (Å²) in [7, 11) is 3.58. The van der Waals surface area contributed by atoms with E-state index in [0.717, 1.165) is 16.9 Å². The highest BCUT2D eigenvalue weighted by atomic mass is 16.3. The number of imidazole rings is 1. The molecule has 0 fully saturated rings. The highest BCUT2D eigenvalue weighted by Gasteiger charge is 2.19. The topological polar surface area (TPSA) is 84.4 Å². The first-order valence-corrected chi connectivity index (χ1v) is 6.02. The van der Waals surface area contributed by atoms with Crippen molar-refractivity contribution in [3.63, 3.8) is 0 Å². The van der Waals surface area contributed by atoms with Crippen molar-refractivity contribution in [1.29, 1.82) is 0 Å². The van der Waals surface area contributed by atoms with E-state index in [1.165, 1.54) is 4.90 Å². The van der Waals surface area contributed by atoms with Crippen LogP contribution in [0.1, 0.15) is 5.82 Å². The molecule has 6 nitrogen and oxygen atoms in total. The Labute approximate surface area is 111 Å². The molecule has 0 saturated carbocycles. The minimum absolute atomic E-state index is 0.325. The second-order valence-corrected chi connectivity index (χ2v) is 4.58. The molecule has 0 bridgehead atoms. The summed E-state index contributed by atoms with van der Waals surface area (Å²) in [6.07, 6.45) is 0. The van der Waals surface area contributed by atoms with Gasteiger partial charge in [-0.15, -0.1) is 0 Å². The van der Waals surface area contributed by atoms with Gasteiger partial charge in [-0.2, -0.15) is 0 Å². The lowest BCUT2D eigenvalue weighted by atomic mass is 10.2. The summed E-state index contributed by atoms with van der Waals surface area (Å²) in [5.74, 6) is 0.586. The Balaban J connectivity index is 2.38. The Hall–Kier alpha value is -1.92. The molecule has 0 saturated heterocycles. The van der Waals surface area contributed by atoms with Crippen LogP contribution >= 0.6 is 0 Å². The average molecular weight is 262 g/mol. The predicted octanol–water partition coefficient (Wildman–Crippen LogP) is 0.164. The first-order valence-electron chi connectivity index (χ1n) is 6.02. The summed E-state index contributed by atoms with van der Waals surface area (Å²) in [5, 5.41) is 8.92. The third-order valence-corrected chi connectivity index (χ3v) is 3.32. The van der Waals surface area contributed by atoms with Gasteiger partial charge in [0.05, 0.1) is 17.6 Å². The van der Waals surface area contributed by atoms with E-state index in [0.29, 0.717) is 5.69 Å². The maximum atomic E-state index is 11.9. The second kappa shape index (κ2) is 4.99. The quantitative estimate of drug-likeness (QED) is 0.825. The maximum absolute atomic E-state index is 11.9. The number of anilines is 1. The van der Waals surface area contributed by atoms with Gasteiger partial charge in [0.2, 0.25) is 5.91 Å². The van der Waals surface area contributed by atoms with E-state index in [4.69, 9.17) is 10.8 Å². The van der Waals surface area contributed by atoms with E-state index in [-0.39, 0.29) is 12.5 Å². The van der Waals surface area contributed by atoms with E-state index in [1.54, 1.807) is 7.05 Å². The lowest BCUT2D eigenvalue weighted by Crippen LogP contribution is -2.44. The number of nitrogens with two attached hydrogens (primary N) is 1. The lowest BCUT2D eigenvalue weighted by Gasteiger charge is -2.20. The number of likely N-dealkylation sites (N-methyl/N-ethyl adjacent to an activating group) is 1. The number of fused-ring (bicyclic) bond motifs is 1. The summed E-state index contributed by atoms with van der Waals surface area (Å²) < 4.78 is 1.99. The van der Waals surface area contributed by atoms with Crippen LogP contribution < -0.4 is 10.6 Å².